The molecule has 15 rings (SSSR count). The fraction of sp³-hybridized carbons (Fsp3) is 0.452. The standard InChI is InChI=1S/C84H103N17O15S/c1-48(85-9)73(102)91-71(83(3,4)5)80(109)98-36-34-67-69(98)78(107)88-63(42-52-20-26-54-16-12-14-18-56(54)38-52)75(104)87-65(77(106)95-117(112,113)62-32-33-62)40-50-22-28-60(29-23-50)115-46-58-44-101(97-93-58)68-35-37-99(81(110)72(84(6,7)8)92-74(103)49(2)86-10)70(68)79(108)89-64(43-53-21-27-55-17-13-15-19-57(55)39-53)76(105)90-66(82(111)114-11)41-51-24-30-61(31-25-51)116-47-59-45-100(67)96-94-59/h12-31,38-39,44-45,48-49,62-72,85-86H,32-37,40-43,46-47H2,1-11H3,(H,87,104)(H,88,107)(H,89,108)(H,90,105)(H,91,102)(H,92,103)(H,95,106)/t48-,49-,63-,64-,65-,66-,67?,68?,69-,70-,71+,72+/m0/s1. The zero-order valence-electron chi connectivity index (χ0n) is 67.5. The Labute approximate surface area is 678 Å². The Balaban J connectivity index is 0.913. The van der Waals surface area contributed by atoms with E-state index in [1.54, 1.807) is 136 Å². The fourth-order valence-corrected chi connectivity index (χ4v) is 16.2. The highest BCUT2D eigenvalue weighted by atomic mass is 32.2. The number of likely N-dealkylation sites (tertiary alicyclic amines) is 2. The molecule has 620 valence electrons. The molecule has 1 aliphatic carbocycles. The van der Waals surface area contributed by atoms with Crippen molar-refractivity contribution >= 4 is 90.7 Å². The van der Waals surface area contributed by atoms with Crippen molar-refractivity contribution in [1.82, 2.24) is 87.0 Å². The maximum Gasteiger partial charge on any atom is 0.328 e. The molecule has 9 amide bonds. The molecule has 2 saturated heterocycles. The summed E-state index contributed by atoms with van der Waals surface area (Å²) >= 11 is 0. The van der Waals surface area contributed by atoms with E-state index in [1.165, 1.54) is 26.3 Å². The predicted octanol–water partition coefficient (Wildman–Crippen LogP) is 3.90. The molecule has 32 nitrogen and oxygen atoms in total. The molecule has 7 aliphatic rings. The van der Waals surface area contributed by atoms with Gasteiger partial charge in [0.2, 0.25) is 57.3 Å². The first kappa shape index (κ1) is 84.7. The topological polar surface area (TPSA) is 409 Å². The SMILES string of the molecule is CN[C@@H](C)C(=O)N[C@H](C(=O)N1CCC2[C@H]1C(=O)N[C@@H](Cc1ccc3ccccc3c1)C(=O)N[C@H](C(=O)NS(=O)(=O)C1CC1)Cc1ccc(cc1)OCc1cn(nn1)C1CCN(C(=O)[C@@H](NC(=O)[C@H](C)NC)C(C)(C)C)[C@@H]1C(=O)N[C@@H](Cc1ccc3ccccc3c1)C(=O)N[C@H](C(=O)OC)Cc1ccc(cc1)OCc1cn2nn1)C(C)(C)C. The van der Waals surface area contributed by atoms with Crippen LogP contribution in [-0.4, -0.2) is 207 Å². The number of carbonyl (C=O) groups excluding carboxylic acids is 10. The summed E-state index contributed by atoms with van der Waals surface area (Å²) in [5.41, 5.74) is 0.999. The van der Waals surface area contributed by atoms with Gasteiger partial charge in [0.15, 0.2) is 0 Å². The second-order valence-corrected chi connectivity index (χ2v) is 34.7. The third kappa shape index (κ3) is 20.6. The zero-order chi connectivity index (χ0) is 83.8. The van der Waals surface area contributed by atoms with Gasteiger partial charge >= 0.3 is 5.97 Å². The number of methoxy groups -OCH3 is 1. The van der Waals surface area contributed by atoms with Crippen molar-refractivity contribution in [2.75, 3.05) is 34.3 Å². The lowest BCUT2D eigenvalue weighted by Gasteiger charge is -2.37. The third-order valence-corrected chi connectivity index (χ3v) is 23.8. The van der Waals surface area contributed by atoms with E-state index < -0.39 is 158 Å². The molecule has 12 atom stereocenters. The van der Waals surface area contributed by atoms with Crippen molar-refractivity contribution in [3.05, 3.63) is 179 Å². The molecule has 1 saturated carbocycles. The van der Waals surface area contributed by atoms with Crippen LogP contribution in [0.25, 0.3) is 21.5 Å². The first-order valence-corrected chi connectivity index (χ1v) is 40.9. The Morgan fingerprint density at radius 1 is 0.530 bits per heavy atom. The molecule has 33 heteroatoms. The van der Waals surface area contributed by atoms with Crippen molar-refractivity contribution in [2.45, 2.75) is 198 Å². The minimum absolute atomic E-state index is 0.00539. The van der Waals surface area contributed by atoms with Crippen molar-refractivity contribution < 1.29 is 70.6 Å². The smallest absolute Gasteiger partial charge is 0.328 e. The minimum Gasteiger partial charge on any atom is -0.487 e. The number of hydrogen-bond donors (Lipinski definition) is 9. The van der Waals surface area contributed by atoms with Gasteiger partial charge in [-0.2, -0.15) is 0 Å². The van der Waals surface area contributed by atoms with Crippen LogP contribution in [0.2, 0.25) is 0 Å². The highest BCUT2D eigenvalue weighted by Gasteiger charge is 2.51. The van der Waals surface area contributed by atoms with Gasteiger partial charge in [0, 0.05) is 38.8 Å². The van der Waals surface area contributed by atoms with E-state index in [9.17, 15) is 27.6 Å². The molecule has 2 unspecified atom stereocenters. The summed E-state index contributed by atoms with van der Waals surface area (Å²) in [4.78, 5) is 152. The van der Waals surface area contributed by atoms with E-state index in [1.807, 2.05) is 78.9 Å². The summed E-state index contributed by atoms with van der Waals surface area (Å²) in [5.74, 6) is -6.51. The monoisotopic (exact) mass is 1620 g/mol. The average Bonchev–Trinajstić information content (AvgIpc) is 1.64. The summed E-state index contributed by atoms with van der Waals surface area (Å²) < 4.78 is 50.2. The number of rotatable bonds is 16. The van der Waals surface area contributed by atoms with Crippen LogP contribution in [0.4, 0.5) is 0 Å². The minimum atomic E-state index is -4.20. The normalized spacial score (nSPS) is 21.8. The molecule has 2 aromatic heterocycles. The summed E-state index contributed by atoms with van der Waals surface area (Å²) in [6.07, 6.45) is 3.42. The van der Waals surface area contributed by atoms with E-state index in [4.69, 9.17) is 14.2 Å². The first-order chi connectivity index (χ1) is 55.7. The van der Waals surface area contributed by atoms with E-state index in [-0.39, 0.29) is 70.5 Å². The van der Waals surface area contributed by atoms with Crippen LogP contribution in [0.3, 0.4) is 0 Å². The highest BCUT2D eigenvalue weighted by molar-refractivity contribution is 7.91. The maximum atomic E-state index is 15.8. The molecule has 8 heterocycles. The van der Waals surface area contributed by atoms with Gasteiger partial charge in [-0.3, -0.25) is 47.9 Å². The van der Waals surface area contributed by atoms with Gasteiger partial charge < -0.3 is 66.5 Å². The molecule has 3 fully saturated rings. The van der Waals surface area contributed by atoms with E-state index in [0.717, 1.165) is 21.5 Å². The molecule has 9 N–H and O–H groups in total. The molecule has 0 spiro atoms. The molecular weight excluding hydrogens is 1520 g/mol. The number of ether oxygens (including phenoxy) is 3. The van der Waals surface area contributed by atoms with Gasteiger partial charge in [-0.15, -0.1) is 10.2 Å². The molecule has 8 bridgehead atoms. The number of amides is 9. The van der Waals surface area contributed by atoms with Crippen LogP contribution in [0.5, 0.6) is 11.5 Å². The number of carbonyl (C=O) groups is 10. The molecular formula is C84H103N17O15S. The van der Waals surface area contributed by atoms with Gasteiger partial charge in [0.25, 0.3) is 5.91 Å². The van der Waals surface area contributed by atoms with Crippen LogP contribution >= 0.6 is 0 Å². The van der Waals surface area contributed by atoms with Gasteiger partial charge in [-0.25, -0.2) is 22.6 Å². The maximum absolute atomic E-state index is 15.8. The Hall–Kier alpha value is -11.7. The Bertz CT molecular complexity index is 5120. The Morgan fingerprint density at radius 2 is 0.932 bits per heavy atom. The van der Waals surface area contributed by atoms with Crippen molar-refractivity contribution in [3.8, 4) is 11.5 Å². The molecule has 8 aromatic rings. The Morgan fingerprint density at radius 3 is 1.32 bits per heavy atom. The van der Waals surface area contributed by atoms with Crippen molar-refractivity contribution in [2.24, 2.45) is 10.8 Å². The van der Waals surface area contributed by atoms with Crippen LogP contribution in [0, 0.1) is 10.8 Å². The lowest BCUT2D eigenvalue weighted by atomic mass is 9.85. The number of fused-ring (bicyclic) bond motifs is 2. The van der Waals surface area contributed by atoms with Crippen LogP contribution in [-0.2, 0) is 102 Å². The predicted molar refractivity (Wildman–Crippen MR) is 432 cm³/mol. The lowest BCUT2D eigenvalue weighted by Crippen LogP contribution is -2.62. The summed E-state index contributed by atoms with van der Waals surface area (Å²) in [7, 11) is 0.207. The van der Waals surface area contributed by atoms with Gasteiger partial charge in [-0.1, -0.05) is 161 Å². The number of esters is 1. The molecule has 6 aliphatic heterocycles. The number of hydrogen-bond acceptors (Lipinski definition) is 21. The van der Waals surface area contributed by atoms with Gasteiger partial charge in [0.05, 0.1) is 48.9 Å². The third-order valence-electron chi connectivity index (χ3n) is 22.0. The number of likely N-dealkylation sites (N-methyl/N-ethyl adjacent to an activating group) is 2. The Kier molecular flexibility index (Phi) is 26.2. The van der Waals surface area contributed by atoms with E-state index in [0.29, 0.717) is 52.3 Å². The summed E-state index contributed by atoms with van der Waals surface area (Å²) in [6.45, 7) is 13.6. The quantitative estimate of drug-likeness (QED) is 0.0619. The van der Waals surface area contributed by atoms with Crippen LogP contribution in [0.1, 0.15) is 127 Å². The largest absolute Gasteiger partial charge is 0.487 e. The average molecular weight is 1620 g/mol. The van der Waals surface area contributed by atoms with Crippen molar-refractivity contribution in [1.29, 1.82) is 0 Å². The lowest BCUT2D eigenvalue weighted by molar-refractivity contribution is -0.146. The van der Waals surface area contributed by atoms with E-state index in [2.05, 4.69) is 67.9 Å². The number of nitrogens with one attached hydrogen (secondary N) is 9. The number of nitrogens with zero attached hydrogens (tertiary/aromatic N) is 8. The van der Waals surface area contributed by atoms with Gasteiger partial charge in [-0.05, 0) is 133 Å². The number of aromatic nitrogens is 6. The van der Waals surface area contributed by atoms with E-state index >= 15 is 28.8 Å². The summed E-state index contributed by atoms with van der Waals surface area (Å²) in [5, 5.41) is 43.8. The zero-order valence-corrected chi connectivity index (χ0v) is 68.3. The highest BCUT2D eigenvalue weighted by Crippen LogP contribution is 2.36. The number of benzene rings is 6. The van der Waals surface area contributed by atoms with Crippen LogP contribution in [0.15, 0.2) is 146 Å². The molecule has 0 radical (unpaired) electrons. The summed E-state index contributed by atoms with van der Waals surface area (Å²) in [6, 6.07) is 25.2. The second-order valence-electron chi connectivity index (χ2n) is 32.7. The first-order valence-electron chi connectivity index (χ1n) is 39.4. The second kappa shape index (κ2) is 36.2. The van der Waals surface area contributed by atoms with Crippen LogP contribution < -0.4 is 56.7 Å². The fourth-order valence-electron chi connectivity index (χ4n) is 14.9. The molecule has 6 aromatic carbocycles. The molecule has 117 heavy (non-hydrogen) atoms. The number of sulfonamides is 1. The van der Waals surface area contributed by atoms with Gasteiger partial charge in [0.1, 0.15) is 84.4 Å². The van der Waals surface area contributed by atoms with Crippen molar-refractivity contribution in [3.63, 3.8) is 0 Å².